The standard InChI is InChI=1S/C12H21N2O/c1-10(2)7-14-6-5-12(15)11(9-14)8-13(3)4/h8H,5-7,9H2,1-4H3. The van der Waals surface area contributed by atoms with Crippen molar-refractivity contribution in [3.63, 3.8) is 0 Å². The monoisotopic (exact) mass is 209 g/mol. The number of hydrogen-bond acceptors (Lipinski definition) is 3. The maximum atomic E-state index is 11.6. The van der Waals surface area contributed by atoms with Gasteiger partial charge < -0.3 is 4.90 Å². The van der Waals surface area contributed by atoms with Crippen LogP contribution < -0.4 is 0 Å². The largest absolute Gasteiger partial charge is 0.383 e. The van der Waals surface area contributed by atoms with E-state index in [4.69, 9.17) is 0 Å². The fraction of sp³-hybridized carbons (Fsp3) is 0.667. The van der Waals surface area contributed by atoms with Gasteiger partial charge in [0, 0.05) is 51.9 Å². The highest BCUT2D eigenvalue weighted by Crippen LogP contribution is 2.14. The number of ketones is 1. The second-order valence-electron chi connectivity index (χ2n) is 4.71. The molecule has 0 N–H and O–H groups in total. The van der Waals surface area contributed by atoms with Crippen LogP contribution in [0.5, 0.6) is 0 Å². The summed E-state index contributed by atoms with van der Waals surface area (Å²) in [6.07, 6.45) is 2.60. The molecule has 0 bridgehead atoms. The summed E-state index contributed by atoms with van der Waals surface area (Å²) in [4.78, 5) is 15.9. The lowest BCUT2D eigenvalue weighted by Gasteiger charge is -2.29. The van der Waals surface area contributed by atoms with Crippen LogP contribution in [0.15, 0.2) is 11.8 Å². The third-order valence-corrected chi connectivity index (χ3v) is 2.36. The summed E-state index contributed by atoms with van der Waals surface area (Å²) in [6.45, 7) is 6.95. The molecule has 1 aliphatic heterocycles. The molecule has 1 radical (unpaired) electrons. The number of carbonyl (C=O) groups is 1. The fourth-order valence-electron chi connectivity index (χ4n) is 1.84. The first-order chi connectivity index (χ1) is 6.99. The van der Waals surface area contributed by atoms with Gasteiger partial charge in [-0.2, -0.15) is 0 Å². The topological polar surface area (TPSA) is 23.6 Å². The molecule has 85 valence electrons. The van der Waals surface area contributed by atoms with Crippen molar-refractivity contribution < 1.29 is 4.79 Å². The fourth-order valence-corrected chi connectivity index (χ4v) is 1.84. The van der Waals surface area contributed by atoms with Crippen LogP contribution >= 0.6 is 0 Å². The maximum Gasteiger partial charge on any atom is 0.162 e. The third kappa shape index (κ3) is 4.04. The molecule has 3 nitrogen and oxygen atoms in total. The maximum absolute atomic E-state index is 11.6. The number of piperidine rings is 1. The van der Waals surface area contributed by atoms with Gasteiger partial charge in [0.05, 0.1) is 0 Å². The molecule has 1 saturated heterocycles. The van der Waals surface area contributed by atoms with Crippen molar-refractivity contribution >= 4 is 5.78 Å². The van der Waals surface area contributed by atoms with E-state index in [2.05, 4.69) is 18.7 Å². The molecule has 0 atom stereocenters. The van der Waals surface area contributed by atoms with Crippen LogP contribution in [0.2, 0.25) is 0 Å². The smallest absolute Gasteiger partial charge is 0.162 e. The Bertz CT molecular complexity index is 256. The Labute approximate surface area is 92.7 Å². The number of rotatable bonds is 3. The molecule has 3 heteroatoms. The van der Waals surface area contributed by atoms with E-state index >= 15 is 0 Å². The lowest BCUT2D eigenvalue weighted by molar-refractivity contribution is -0.117. The Morgan fingerprint density at radius 1 is 1.47 bits per heavy atom. The lowest BCUT2D eigenvalue weighted by Crippen LogP contribution is -2.38. The molecule has 0 aliphatic carbocycles. The van der Waals surface area contributed by atoms with Crippen molar-refractivity contribution in [1.29, 1.82) is 0 Å². The van der Waals surface area contributed by atoms with E-state index in [1.54, 1.807) is 0 Å². The van der Waals surface area contributed by atoms with Crippen LogP contribution in [0.25, 0.3) is 0 Å². The highest BCUT2D eigenvalue weighted by Gasteiger charge is 2.21. The van der Waals surface area contributed by atoms with E-state index in [0.29, 0.717) is 12.2 Å². The third-order valence-electron chi connectivity index (χ3n) is 2.36. The first kappa shape index (κ1) is 12.2. The van der Waals surface area contributed by atoms with Crippen molar-refractivity contribution in [1.82, 2.24) is 9.80 Å². The van der Waals surface area contributed by atoms with Crippen LogP contribution in [0.3, 0.4) is 0 Å². The minimum absolute atomic E-state index is 0.300. The number of nitrogens with zero attached hydrogens (tertiary/aromatic N) is 2. The predicted molar refractivity (Wildman–Crippen MR) is 62.4 cm³/mol. The summed E-state index contributed by atoms with van der Waals surface area (Å²) < 4.78 is 0. The Morgan fingerprint density at radius 3 is 2.67 bits per heavy atom. The van der Waals surface area contributed by atoms with E-state index in [1.807, 2.05) is 25.2 Å². The second-order valence-corrected chi connectivity index (χ2v) is 4.71. The normalized spacial score (nSPS) is 21.4. The Morgan fingerprint density at radius 2 is 2.13 bits per heavy atom. The molecule has 0 spiro atoms. The molecule has 1 rings (SSSR count). The number of hydrogen-bond donors (Lipinski definition) is 0. The second kappa shape index (κ2) is 5.31. The van der Waals surface area contributed by atoms with E-state index in [9.17, 15) is 4.79 Å². The number of carbonyl (C=O) groups excluding carboxylic acids is 1. The summed E-state index contributed by atoms with van der Waals surface area (Å²) in [7, 11) is 3.91. The van der Waals surface area contributed by atoms with Crippen molar-refractivity contribution in [2.75, 3.05) is 33.7 Å². The van der Waals surface area contributed by atoms with E-state index in [-0.39, 0.29) is 0 Å². The molecular formula is C12H21N2O. The minimum Gasteiger partial charge on any atom is -0.383 e. The van der Waals surface area contributed by atoms with Gasteiger partial charge in [0.2, 0.25) is 0 Å². The van der Waals surface area contributed by atoms with Crippen LogP contribution in [0.1, 0.15) is 20.3 Å². The minimum atomic E-state index is 0.300. The van der Waals surface area contributed by atoms with Crippen molar-refractivity contribution in [2.24, 2.45) is 0 Å². The average molecular weight is 209 g/mol. The molecule has 0 amide bonds. The van der Waals surface area contributed by atoms with Crippen LogP contribution in [0.4, 0.5) is 0 Å². The average Bonchev–Trinajstić information content (AvgIpc) is 2.09. The first-order valence-electron chi connectivity index (χ1n) is 5.40. The highest BCUT2D eigenvalue weighted by atomic mass is 16.1. The first-order valence-corrected chi connectivity index (χ1v) is 5.40. The lowest BCUT2D eigenvalue weighted by atomic mass is 10.0. The van der Waals surface area contributed by atoms with Gasteiger partial charge in [0.25, 0.3) is 0 Å². The number of likely N-dealkylation sites (tertiary alicyclic amines) is 1. The van der Waals surface area contributed by atoms with Gasteiger partial charge in [-0.15, -0.1) is 0 Å². The van der Waals surface area contributed by atoms with E-state index in [0.717, 1.165) is 25.2 Å². The van der Waals surface area contributed by atoms with E-state index < -0.39 is 0 Å². The summed E-state index contributed by atoms with van der Waals surface area (Å²) in [5.41, 5.74) is 0.938. The van der Waals surface area contributed by atoms with Crippen LogP contribution in [-0.2, 0) is 4.79 Å². The summed E-state index contributed by atoms with van der Waals surface area (Å²) in [5.74, 6) is 1.70. The highest BCUT2D eigenvalue weighted by molar-refractivity contribution is 5.96. The van der Waals surface area contributed by atoms with Gasteiger partial charge in [-0.05, 0) is 5.92 Å². The van der Waals surface area contributed by atoms with Crippen molar-refractivity contribution in [3.05, 3.63) is 17.7 Å². The molecule has 0 aromatic carbocycles. The quantitative estimate of drug-likeness (QED) is 0.655. The van der Waals surface area contributed by atoms with Gasteiger partial charge in [0.15, 0.2) is 5.78 Å². The van der Waals surface area contributed by atoms with Gasteiger partial charge in [0.1, 0.15) is 0 Å². The zero-order chi connectivity index (χ0) is 11.4. The Kier molecular flexibility index (Phi) is 4.33. The zero-order valence-electron chi connectivity index (χ0n) is 10.2. The Balaban J connectivity index is 2.60. The summed E-state index contributed by atoms with van der Waals surface area (Å²) in [6, 6.07) is 0. The molecule has 15 heavy (non-hydrogen) atoms. The molecule has 0 saturated carbocycles. The molecule has 0 unspecified atom stereocenters. The zero-order valence-corrected chi connectivity index (χ0v) is 10.2. The molecular weight excluding hydrogens is 188 g/mol. The van der Waals surface area contributed by atoms with Crippen LogP contribution in [-0.4, -0.2) is 49.3 Å². The number of Topliss-reactive ketones (excluding diaryl/α,β-unsaturated/α-hetero) is 1. The SMILES string of the molecule is C[C](C)CN1CCC(=O)C(=CN(C)C)C1. The molecule has 0 aromatic rings. The Hall–Kier alpha value is -0.830. The van der Waals surface area contributed by atoms with Gasteiger partial charge in [-0.25, -0.2) is 0 Å². The van der Waals surface area contributed by atoms with Crippen molar-refractivity contribution in [2.45, 2.75) is 20.3 Å². The van der Waals surface area contributed by atoms with E-state index in [1.165, 1.54) is 5.92 Å². The van der Waals surface area contributed by atoms with Gasteiger partial charge >= 0.3 is 0 Å². The molecule has 1 fully saturated rings. The van der Waals surface area contributed by atoms with Gasteiger partial charge in [-0.1, -0.05) is 13.8 Å². The summed E-state index contributed by atoms with van der Waals surface area (Å²) >= 11 is 0. The summed E-state index contributed by atoms with van der Waals surface area (Å²) in [5, 5.41) is 0. The molecule has 1 heterocycles. The van der Waals surface area contributed by atoms with Crippen LogP contribution in [0, 0.1) is 5.92 Å². The molecule has 1 aliphatic rings. The molecule has 0 aromatic heterocycles. The predicted octanol–water partition coefficient (Wildman–Crippen LogP) is 1.32. The van der Waals surface area contributed by atoms with Gasteiger partial charge in [-0.3, -0.25) is 9.69 Å². The van der Waals surface area contributed by atoms with Crippen molar-refractivity contribution in [3.8, 4) is 0 Å².